The molecule has 1 aromatic rings. The number of sulfonamides is 1. The van der Waals surface area contributed by atoms with Crippen molar-refractivity contribution in [1.29, 1.82) is 0 Å². The summed E-state index contributed by atoms with van der Waals surface area (Å²) in [4.78, 5) is 29.0. The molecule has 34 heavy (non-hydrogen) atoms. The van der Waals surface area contributed by atoms with Gasteiger partial charge in [0.2, 0.25) is 21.8 Å². The zero-order valence-electron chi connectivity index (χ0n) is 19.6. The van der Waals surface area contributed by atoms with Crippen LogP contribution < -0.4 is 5.32 Å². The monoisotopic (exact) mass is 494 g/mol. The van der Waals surface area contributed by atoms with Crippen LogP contribution in [-0.2, 0) is 19.6 Å². The molecule has 10 heteroatoms. The molecule has 188 valence electrons. The summed E-state index contributed by atoms with van der Waals surface area (Å²) in [5, 5.41) is 3.21. The lowest BCUT2D eigenvalue weighted by atomic mass is 9.88. The van der Waals surface area contributed by atoms with Crippen molar-refractivity contribution in [3.05, 3.63) is 30.1 Å². The van der Waals surface area contributed by atoms with Crippen molar-refractivity contribution in [1.82, 2.24) is 19.4 Å². The Bertz CT molecular complexity index is 967. The quantitative estimate of drug-likeness (QED) is 0.652. The molecule has 3 aliphatic rings. The van der Waals surface area contributed by atoms with Gasteiger partial charge in [-0.25, -0.2) is 12.8 Å². The molecule has 4 rings (SSSR count). The van der Waals surface area contributed by atoms with Gasteiger partial charge in [0.1, 0.15) is 5.82 Å². The van der Waals surface area contributed by atoms with E-state index >= 15 is 0 Å². The van der Waals surface area contributed by atoms with Crippen molar-refractivity contribution in [2.24, 2.45) is 5.92 Å². The third-order valence-electron chi connectivity index (χ3n) is 7.29. The Morgan fingerprint density at radius 3 is 2.26 bits per heavy atom. The van der Waals surface area contributed by atoms with Gasteiger partial charge in [-0.15, -0.1) is 0 Å². The first-order valence-electron chi connectivity index (χ1n) is 12.4. The smallest absolute Gasteiger partial charge is 0.243 e. The van der Waals surface area contributed by atoms with E-state index < -0.39 is 15.8 Å². The van der Waals surface area contributed by atoms with E-state index in [9.17, 15) is 22.4 Å². The fourth-order valence-corrected chi connectivity index (χ4v) is 6.62. The molecule has 1 aliphatic carbocycles. The van der Waals surface area contributed by atoms with Crippen molar-refractivity contribution in [3.63, 3.8) is 0 Å². The maximum Gasteiger partial charge on any atom is 0.243 e. The SMILES string of the molecule is O=C(NC1CCN(CC(=O)N2CCN(S(=O)(=O)c3cccc(F)c3)CC2)CC1)C1CCCCC1. The summed E-state index contributed by atoms with van der Waals surface area (Å²) < 4.78 is 40.3. The number of hydrogen-bond donors (Lipinski definition) is 1. The average Bonchev–Trinajstić information content (AvgIpc) is 2.86. The summed E-state index contributed by atoms with van der Waals surface area (Å²) in [6.45, 7) is 2.85. The minimum atomic E-state index is -3.77. The first-order chi connectivity index (χ1) is 16.3. The van der Waals surface area contributed by atoms with Gasteiger partial charge in [-0.05, 0) is 43.9 Å². The van der Waals surface area contributed by atoms with Gasteiger partial charge in [0.25, 0.3) is 0 Å². The lowest BCUT2D eigenvalue weighted by molar-refractivity contribution is -0.134. The van der Waals surface area contributed by atoms with Crippen LogP contribution in [0.3, 0.4) is 0 Å². The molecule has 1 N–H and O–H groups in total. The molecule has 2 amide bonds. The van der Waals surface area contributed by atoms with Crippen LogP contribution in [0.2, 0.25) is 0 Å². The largest absolute Gasteiger partial charge is 0.353 e. The summed E-state index contributed by atoms with van der Waals surface area (Å²) in [7, 11) is -3.77. The molecule has 0 bridgehead atoms. The van der Waals surface area contributed by atoms with Crippen LogP contribution in [0.25, 0.3) is 0 Å². The van der Waals surface area contributed by atoms with Gasteiger partial charge in [-0.1, -0.05) is 25.3 Å². The van der Waals surface area contributed by atoms with Gasteiger partial charge in [0, 0.05) is 51.2 Å². The molecular weight excluding hydrogens is 459 g/mol. The summed E-state index contributed by atoms with van der Waals surface area (Å²) in [6.07, 6.45) is 7.18. The van der Waals surface area contributed by atoms with Crippen molar-refractivity contribution in [3.8, 4) is 0 Å². The summed E-state index contributed by atoms with van der Waals surface area (Å²) in [5.74, 6) is -0.239. The Labute approximate surface area is 201 Å². The first kappa shape index (κ1) is 25.1. The maximum absolute atomic E-state index is 13.5. The number of piperidine rings is 1. The lowest BCUT2D eigenvalue weighted by Gasteiger charge is -2.37. The predicted molar refractivity (Wildman–Crippen MR) is 126 cm³/mol. The molecule has 3 fully saturated rings. The Balaban J connectivity index is 1.19. The fraction of sp³-hybridized carbons (Fsp3) is 0.667. The minimum Gasteiger partial charge on any atom is -0.353 e. The third kappa shape index (κ3) is 6.14. The second kappa shape index (κ2) is 11.1. The van der Waals surface area contributed by atoms with Crippen molar-refractivity contribution in [2.45, 2.75) is 55.9 Å². The molecule has 1 aromatic carbocycles. The molecule has 2 heterocycles. The molecular formula is C24H35FN4O4S. The maximum atomic E-state index is 13.5. The van der Waals surface area contributed by atoms with Crippen LogP contribution in [0.4, 0.5) is 4.39 Å². The van der Waals surface area contributed by atoms with Gasteiger partial charge < -0.3 is 10.2 Å². The molecule has 2 aliphatic heterocycles. The minimum absolute atomic E-state index is 0.00695. The number of halogens is 1. The number of likely N-dealkylation sites (tertiary alicyclic amines) is 1. The number of carbonyl (C=O) groups excluding carboxylic acids is 2. The number of benzene rings is 1. The first-order valence-corrected chi connectivity index (χ1v) is 13.8. The van der Waals surface area contributed by atoms with E-state index in [2.05, 4.69) is 10.2 Å². The van der Waals surface area contributed by atoms with Gasteiger partial charge in [0.05, 0.1) is 11.4 Å². The van der Waals surface area contributed by atoms with Crippen molar-refractivity contribution in [2.75, 3.05) is 45.8 Å². The molecule has 0 unspecified atom stereocenters. The predicted octanol–water partition coefficient (Wildman–Crippen LogP) is 1.82. The summed E-state index contributed by atoms with van der Waals surface area (Å²) in [6, 6.07) is 5.18. The third-order valence-corrected chi connectivity index (χ3v) is 9.19. The zero-order valence-corrected chi connectivity index (χ0v) is 20.4. The Morgan fingerprint density at radius 1 is 0.941 bits per heavy atom. The van der Waals surface area contributed by atoms with Crippen LogP contribution in [0.15, 0.2) is 29.2 Å². The molecule has 0 atom stereocenters. The van der Waals surface area contributed by atoms with Crippen LogP contribution in [-0.4, -0.2) is 86.2 Å². The summed E-state index contributed by atoms with van der Waals surface area (Å²) >= 11 is 0. The number of piperazine rings is 1. The number of nitrogens with zero attached hydrogens (tertiary/aromatic N) is 3. The van der Waals surface area contributed by atoms with E-state index in [1.165, 1.54) is 28.9 Å². The molecule has 0 radical (unpaired) electrons. The standard InChI is InChI=1S/C24H35FN4O4S/c25-20-7-4-8-22(17-20)34(32,33)29-15-13-28(14-16-29)23(30)18-27-11-9-21(10-12-27)26-24(31)19-5-2-1-3-6-19/h4,7-8,17,19,21H,1-3,5-6,9-16,18H2,(H,26,31). The fourth-order valence-electron chi connectivity index (χ4n) is 5.16. The topological polar surface area (TPSA) is 90.0 Å². The number of amides is 2. The van der Waals surface area contributed by atoms with Gasteiger partial charge >= 0.3 is 0 Å². The van der Waals surface area contributed by atoms with Gasteiger partial charge in [0.15, 0.2) is 0 Å². The van der Waals surface area contributed by atoms with E-state index in [1.54, 1.807) is 4.90 Å². The Morgan fingerprint density at radius 2 is 1.62 bits per heavy atom. The molecule has 0 spiro atoms. The Hall–Kier alpha value is -2.04. The normalized spacial score (nSPS) is 22.0. The van der Waals surface area contributed by atoms with E-state index in [-0.39, 0.29) is 41.8 Å². The number of nitrogens with one attached hydrogen (secondary N) is 1. The van der Waals surface area contributed by atoms with Crippen LogP contribution >= 0.6 is 0 Å². The zero-order chi connectivity index (χ0) is 24.1. The molecule has 1 saturated carbocycles. The van der Waals surface area contributed by atoms with E-state index in [4.69, 9.17) is 0 Å². The van der Waals surface area contributed by atoms with Crippen molar-refractivity contribution < 1.29 is 22.4 Å². The molecule has 8 nitrogen and oxygen atoms in total. The second-order valence-corrected chi connectivity index (χ2v) is 11.6. The molecule has 2 saturated heterocycles. The van der Waals surface area contributed by atoms with Crippen LogP contribution in [0.5, 0.6) is 0 Å². The number of carbonyl (C=O) groups is 2. The highest BCUT2D eigenvalue weighted by Crippen LogP contribution is 2.24. The Kier molecular flexibility index (Phi) is 8.21. The highest BCUT2D eigenvalue weighted by Gasteiger charge is 2.32. The van der Waals surface area contributed by atoms with Gasteiger partial charge in [-0.2, -0.15) is 4.31 Å². The van der Waals surface area contributed by atoms with Crippen LogP contribution in [0, 0.1) is 11.7 Å². The summed E-state index contributed by atoms with van der Waals surface area (Å²) in [5.41, 5.74) is 0. The van der Waals surface area contributed by atoms with Crippen LogP contribution in [0.1, 0.15) is 44.9 Å². The number of hydrogen-bond acceptors (Lipinski definition) is 5. The number of rotatable bonds is 6. The van der Waals surface area contributed by atoms with Crippen molar-refractivity contribution >= 4 is 21.8 Å². The molecule has 0 aromatic heterocycles. The second-order valence-electron chi connectivity index (χ2n) is 9.64. The highest BCUT2D eigenvalue weighted by molar-refractivity contribution is 7.89. The van der Waals surface area contributed by atoms with E-state index in [0.29, 0.717) is 19.6 Å². The average molecular weight is 495 g/mol. The highest BCUT2D eigenvalue weighted by atomic mass is 32.2. The van der Waals surface area contributed by atoms with E-state index in [0.717, 1.165) is 57.7 Å². The van der Waals surface area contributed by atoms with E-state index in [1.807, 2.05) is 0 Å². The lowest BCUT2D eigenvalue weighted by Crippen LogP contribution is -2.53. The van der Waals surface area contributed by atoms with Gasteiger partial charge in [-0.3, -0.25) is 14.5 Å².